The van der Waals surface area contributed by atoms with E-state index in [9.17, 15) is 39.6 Å². The molecule has 2 aliphatic heterocycles. The highest BCUT2D eigenvalue weighted by Crippen LogP contribution is 2.41. The van der Waals surface area contributed by atoms with Crippen molar-refractivity contribution in [3.05, 3.63) is 47.5 Å². The summed E-state index contributed by atoms with van der Waals surface area (Å²) in [5.41, 5.74) is 1.10. The molecule has 0 atom stereocenters. The van der Waals surface area contributed by atoms with E-state index in [0.29, 0.717) is 11.1 Å². The number of sulfonamides is 2. The van der Waals surface area contributed by atoms with Crippen molar-refractivity contribution in [3.8, 4) is 11.1 Å². The minimum absolute atomic E-state index is 0.00611. The average Bonchev–Trinajstić information content (AvgIpc) is 3.15. The minimum Gasteiger partial charge on any atom is -0.410 e. The van der Waals surface area contributed by atoms with Crippen molar-refractivity contribution in [2.45, 2.75) is 47.3 Å². The summed E-state index contributed by atoms with van der Waals surface area (Å²) in [6.07, 6.45) is -0.793. The van der Waals surface area contributed by atoms with E-state index in [2.05, 4.69) is 5.16 Å². The van der Waals surface area contributed by atoms with Gasteiger partial charge in [-0.2, -0.15) is 8.61 Å². The first-order valence-electron chi connectivity index (χ1n) is 11.5. The maximum absolute atomic E-state index is 13.9. The molecule has 2 heterocycles. The molecular formula is C23H23F4N3O5S2. The number of nitrogens with zero attached hydrogens (tertiary/aromatic N) is 3. The van der Waals surface area contributed by atoms with E-state index >= 15 is 0 Å². The van der Waals surface area contributed by atoms with Crippen LogP contribution in [0.4, 0.5) is 17.6 Å². The van der Waals surface area contributed by atoms with Gasteiger partial charge in [-0.1, -0.05) is 17.3 Å². The highest BCUT2D eigenvalue weighted by atomic mass is 32.2. The van der Waals surface area contributed by atoms with Crippen LogP contribution in [0.1, 0.15) is 36.8 Å². The van der Waals surface area contributed by atoms with E-state index in [1.807, 2.05) is 0 Å². The van der Waals surface area contributed by atoms with E-state index in [-0.39, 0.29) is 52.6 Å². The third kappa shape index (κ3) is 4.53. The first kappa shape index (κ1) is 26.1. The molecule has 2 saturated heterocycles. The second-order valence-corrected chi connectivity index (χ2v) is 13.3. The fourth-order valence-electron chi connectivity index (χ4n) is 5.05. The maximum Gasteiger partial charge on any atom is 0.261 e. The molecular weight excluding hydrogens is 538 g/mol. The molecule has 3 aliphatic rings. The van der Waals surface area contributed by atoms with Crippen LogP contribution in [0.2, 0.25) is 0 Å². The van der Waals surface area contributed by atoms with Crippen LogP contribution in [0.25, 0.3) is 11.1 Å². The number of fused-ring (bicyclic) bond motifs is 3. The molecule has 0 bridgehead atoms. The summed E-state index contributed by atoms with van der Waals surface area (Å²) in [4.78, 5) is -0.553. The van der Waals surface area contributed by atoms with Gasteiger partial charge in [0.1, 0.15) is 5.71 Å². The van der Waals surface area contributed by atoms with Gasteiger partial charge in [-0.25, -0.2) is 34.4 Å². The molecule has 0 unspecified atom stereocenters. The van der Waals surface area contributed by atoms with Crippen LogP contribution < -0.4 is 0 Å². The predicted octanol–water partition coefficient (Wildman–Crippen LogP) is 3.73. The topological polar surface area (TPSA) is 107 Å². The zero-order chi connectivity index (χ0) is 26.8. The highest BCUT2D eigenvalue weighted by Gasteiger charge is 2.42. The Morgan fingerprint density at radius 3 is 1.46 bits per heavy atom. The molecule has 2 aromatic carbocycles. The normalized spacial score (nSPS) is 21.9. The lowest BCUT2D eigenvalue weighted by Gasteiger charge is -2.31. The summed E-state index contributed by atoms with van der Waals surface area (Å²) in [6, 6.07) is 7.77. The zero-order valence-electron chi connectivity index (χ0n) is 19.4. The van der Waals surface area contributed by atoms with Gasteiger partial charge in [-0.15, -0.1) is 0 Å². The molecule has 0 spiro atoms. The van der Waals surface area contributed by atoms with Gasteiger partial charge in [-0.05, 0) is 48.2 Å². The largest absolute Gasteiger partial charge is 0.410 e. The minimum atomic E-state index is -4.29. The van der Waals surface area contributed by atoms with Gasteiger partial charge in [0, 0.05) is 37.1 Å². The fourth-order valence-corrected chi connectivity index (χ4v) is 8.12. The number of benzene rings is 2. The molecule has 1 N–H and O–H groups in total. The quantitative estimate of drug-likeness (QED) is 0.297. The molecule has 5 rings (SSSR count). The summed E-state index contributed by atoms with van der Waals surface area (Å²) in [5.74, 6) is -6.29. The van der Waals surface area contributed by atoms with Gasteiger partial charge in [0.2, 0.25) is 20.0 Å². The lowest BCUT2D eigenvalue weighted by molar-refractivity contribution is -0.0438. The van der Waals surface area contributed by atoms with Gasteiger partial charge in [-0.3, -0.25) is 0 Å². The van der Waals surface area contributed by atoms with E-state index in [4.69, 9.17) is 0 Å². The Hall–Kier alpha value is -2.55. The Morgan fingerprint density at radius 2 is 1.11 bits per heavy atom. The molecule has 0 saturated carbocycles. The second kappa shape index (κ2) is 8.75. The first-order valence-corrected chi connectivity index (χ1v) is 14.4. The number of alkyl halides is 4. The van der Waals surface area contributed by atoms with Crippen LogP contribution in [0.15, 0.2) is 51.3 Å². The second-order valence-electron chi connectivity index (χ2n) is 9.46. The van der Waals surface area contributed by atoms with Gasteiger partial charge in [0.05, 0.1) is 22.9 Å². The molecule has 14 heteroatoms. The number of halogens is 4. The van der Waals surface area contributed by atoms with Crippen molar-refractivity contribution >= 4 is 25.8 Å². The molecule has 37 heavy (non-hydrogen) atoms. The third-order valence-corrected chi connectivity index (χ3v) is 10.6. The van der Waals surface area contributed by atoms with Crippen LogP contribution in [-0.4, -0.2) is 74.4 Å². The van der Waals surface area contributed by atoms with Crippen molar-refractivity contribution in [3.63, 3.8) is 0 Å². The Kier molecular flexibility index (Phi) is 6.17. The van der Waals surface area contributed by atoms with Crippen LogP contribution in [0.3, 0.4) is 0 Å². The third-order valence-electron chi connectivity index (χ3n) is 6.87. The summed E-state index contributed by atoms with van der Waals surface area (Å²) in [7, 11) is -8.58. The molecule has 0 aromatic heterocycles. The Bertz CT molecular complexity index is 1400. The van der Waals surface area contributed by atoms with E-state index in [1.165, 1.54) is 36.4 Å². The van der Waals surface area contributed by atoms with Crippen molar-refractivity contribution in [2.24, 2.45) is 5.16 Å². The van der Waals surface area contributed by atoms with Crippen LogP contribution in [-0.2, 0) is 20.0 Å². The molecule has 8 nitrogen and oxygen atoms in total. The van der Waals surface area contributed by atoms with Crippen LogP contribution in [0, 0.1) is 0 Å². The molecule has 2 fully saturated rings. The smallest absolute Gasteiger partial charge is 0.261 e. The van der Waals surface area contributed by atoms with Gasteiger partial charge >= 0.3 is 0 Å². The molecule has 0 amide bonds. The van der Waals surface area contributed by atoms with E-state index < -0.39 is 57.8 Å². The summed E-state index contributed by atoms with van der Waals surface area (Å²) in [5, 5.41) is 13.0. The number of hydrogen-bond donors (Lipinski definition) is 1. The molecule has 1 aliphatic carbocycles. The van der Waals surface area contributed by atoms with Crippen molar-refractivity contribution < 1.29 is 39.6 Å². The number of piperidine rings is 2. The fraction of sp³-hybridized carbons (Fsp3) is 0.435. The van der Waals surface area contributed by atoms with Gasteiger partial charge < -0.3 is 5.21 Å². The Balaban J connectivity index is 1.51. The van der Waals surface area contributed by atoms with E-state index in [0.717, 1.165) is 8.61 Å². The summed E-state index contributed by atoms with van der Waals surface area (Å²) in [6.45, 7) is -2.01. The number of rotatable bonds is 4. The van der Waals surface area contributed by atoms with Crippen molar-refractivity contribution in [2.75, 3.05) is 26.2 Å². The average molecular weight is 562 g/mol. The lowest BCUT2D eigenvalue weighted by atomic mass is 10.1. The summed E-state index contributed by atoms with van der Waals surface area (Å²) < 4.78 is 109. The molecule has 0 radical (unpaired) electrons. The van der Waals surface area contributed by atoms with E-state index in [1.54, 1.807) is 0 Å². The molecule has 200 valence electrons. The predicted molar refractivity (Wildman–Crippen MR) is 125 cm³/mol. The van der Waals surface area contributed by atoms with Gasteiger partial charge in [0.25, 0.3) is 11.8 Å². The summed E-state index contributed by atoms with van der Waals surface area (Å²) >= 11 is 0. The molecule has 2 aromatic rings. The van der Waals surface area contributed by atoms with Crippen LogP contribution >= 0.6 is 0 Å². The number of oxime groups is 1. The monoisotopic (exact) mass is 561 g/mol. The Labute approximate surface area is 211 Å². The van der Waals surface area contributed by atoms with Crippen molar-refractivity contribution in [1.29, 1.82) is 0 Å². The maximum atomic E-state index is 13.9. The zero-order valence-corrected chi connectivity index (χ0v) is 21.0. The van der Waals surface area contributed by atoms with Crippen molar-refractivity contribution in [1.82, 2.24) is 8.61 Å². The number of hydrogen-bond acceptors (Lipinski definition) is 6. The lowest BCUT2D eigenvalue weighted by Crippen LogP contribution is -2.45. The highest BCUT2D eigenvalue weighted by molar-refractivity contribution is 7.89. The Morgan fingerprint density at radius 1 is 0.703 bits per heavy atom. The standard InChI is InChI=1S/C23H23F4N3O5S2/c24-22(25)7-1-9-29(13-22)36(32,33)15-3-5-17-18-6-4-16(12-20(18)21(28-31)19(17)11-15)37(34,35)30-10-2-8-23(26,27)14-30/h3-6,11-12,31H,1-2,7-10,13-14H2. The van der Waals surface area contributed by atoms with Gasteiger partial charge in [0.15, 0.2) is 0 Å². The van der Waals surface area contributed by atoms with Crippen LogP contribution in [0.5, 0.6) is 0 Å². The first-order chi connectivity index (χ1) is 17.2. The SMILES string of the molecule is O=S(=O)(c1ccc2c(c1)C(=NO)c1cc(S(=O)(=O)N3CCCC(F)(F)C3)ccc1-2)N1CCCC(F)(F)C1.